The number of fused-ring (bicyclic) bond motifs is 1. The molecule has 0 saturated heterocycles. The molecule has 3 rings (SSSR count). The summed E-state index contributed by atoms with van der Waals surface area (Å²) in [5.74, 6) is -0.710. The van der Waals surface area contributed by atoms with Gasteiger partial charge in [0, 0.05) is 23.4 Å². The number of nitro groups is 1. The number of non-ortho nitro benzene ring substituents is 1. The topological polar surface area (TPSA) is 101 Å². The molecule has 0 unspecified atom stereocenters. The second-order valence-corrected chi connectivity index (χ2v) is 6.92. The smallest absolute Gasteiger partial charge is 0.271 e. The van der Waals surface area contributed by atoms with Crippen molar-refractivity contribution in [1.29, 1.82) is 0 Å². The number of carbonyl (C=O) groups is 2. The Labute approximate surface area is 151 Å². The molecule has 2 N–H and O–H groups in total. The van der Waals surface area contributed by atoms with Crippen LogP contribution >= 0.6 is 23.4 Å². The number of halogens is 1. The van der Waals surface area contributed by atoms with Gasteiger partial charge in [0.2, 0.25) is 11.8 Å². The molecule has 0 bridgehead atoms. The van der Waals surface area contributed by atoms with E-state index in [1.807, 2.05) is 18.2 Å². The largest absolute Gasteiger partial charge is 0.325 e. The first-order valence-electron chi connectivity index (χ1n) is 7.24. The highest BCUT2D eigenvalue weighted by Gasteiger charge is 2.29. The Morgan fingerprint density at radius 2 is 2.08 bits per heavy atom. The zero-order valence-corrected chi connectivity index (χ0v) is 14.3. The van der Waals surface area contributed by atoms with E-state index < -0.39 is 16.1 Å². The van der Waals surface area contributed by atoms with Gasteiger partial charge in [0.15, 0.2) is 0 Å². The molecular weight excluding hydrogens is 366 g/mol. The summed E-state index contributed by atoms with van der Waals surface area (Å²) in [7, 11) is 0. The summed E-state index contributed by atoms with van der Waals surface area (Å²) in [6.45, 7) is 0. The number of benzene rings is 2. The van der Waals surface area contributed by atoms with Crippen LogP contribution in [0.15, 0.2) is 47.4 Å². The van der Waals surface area contributed by atoms with E-state index in [-0.39, 0.29) is 28.7 Å². The van der Waals surface area contributed by atoms with Crippen LogP contribution in [0.3, 0.4) is 0 Å². The van der Waals surface area contributed by atoms with Crippen LogP contribution in [0, 0.1) is 10.1 Å². The summed E-state index contributed by atoms with van der Waals surface area (Å²) in [6, 6.07) is 11.1. The minimum atomic E-state index is -0.590. The Morgan fingerprint density at radius 1 is 1.32 bits per heavy atom. The van der Waals surface area contributed by atoms with E-state index in [0.717, 1.165) is 10.6 Å². The van der Waals surface area contributed by atoms with Crippen LogP contribution in [0.4, 0.5) is 17.1 Å². The van der Waals surface area contributed by atoms with Crippen LogP contribution < -0.4 is 10.6 Å². The number of anilines is 2. The third-order valence-electron chi connectivity index (χ3n) is 3.51. The number of nitrogens with zero attached hydrogens (tertiary/aromatic N) is 1. The van der Waals surface area contributed by atoms with Gasteiger partial charge in [-0.2, -0.15) is 0 Å². The summed E-state index contributed by atoms with van der Waals surface area (Å²) in [4.78, 5) is 35.5. The maximum Gasteiger partial charge on any atom is 0.271 e. The van der Waals surface area contributed by atoms with Crippen molar-refractivity contribution in [2.75, 3.05) is 10.6 Å². The second kappa shape index (κ2) is 7.12. The first kappa shape index (κ1) is 17.2. The Morgan fingerprint density at radius 3 is 2.84 bits per heavy atom. The van der Waals surface area contributed by atoms with Gasteiger partial charge in [-0.3, -0.25) is 19.7 Å². The van der Waals surface area contributed by atoms with Crippen molar-refractivity contribution in [2.24, 2.45) is 0 Å². The van der Waals surface area contributed by atoms with Gasteiger partial charge >= 0.3 is 0 Å². The SMILES string of the molecule is O=C(C[C@@H]1Sc2ccccc2NC1=O)Nc1cc([N+](=O)[O-])ccc1Cl. The van der Waals surface area contributed by atoms with Crippen LogP contribution in [0.1, 0.15) is 6.42 Å². The van der Waals surface area contributed by atoms with Crippen molar-refractivity contribution < 1.29 is 14.5 Å². The maximum atomic E-state index is 12.2. The summed E-state index contributed by atoms with van der Waals surface area (Å²) < 4.78 is 0. The van der Waals surface area contributed by atoms with Crippen molar-refractivity contribution in [3.63, 3.8) is 0 Å². The van der Waals surface area contributed by atoms with Gasteiger partial charge in [-0.15, -0.1) is 11.8 Å². The Kier molecular flexibility index (Phi) is 4.91. The minimum absolute atomic E-state index is 0.0795. The molecule has 0 fully saturated rings. The predicted octanol–water partition coefficient (Wildman–Crippen LogP) is 3.69. The van der Waals surface area contributed by atoms with Gasteiger partial charge in [0.1, 0.15) is 0 Å². The quantitative estimate of drug-likeness (QED) is 0.625. The molecule has 9 heteroatoms. The van der Waals surface area contributed by atoms with E-state index in [1.165, 1.54) is 30.0 Å². The molecule has 0 aromatic heterocycles. The van der Waals surface area contributed by atoms with Crippen molar-refractivity contribution in [3.8, 4) is 0 Å². The number of amides is 2. The lowest BCUT2D eigenvalue weighted by molar-refractivity contribution is -0.384. The van der Waals surface area contributed by atoms with Gasteiger partial charge in [-0.05, 0) is 18.2 Å². The van der Waals surface area contributed by atoms with E-state index in [0.29, 0.717) is 0 Å². The predicted molar refractivity (Wildman–Crippen MR) is 96.1 cm³/mol. The third kappa shape index (κ3) is 3.92. The fourth-order valence-electron chi connectivity index (χ4n) is 2.32. The van der Waals surface area contributed by atoms with E-state index in [1.54, 1.807) is 6.07 Å². The zero-order valence-electron chi connectivity index (χ0n) is 12.7. The zero-order chi connectivity index (χ0) is 18.0. The minimum Gasteiger partial charge on any atom is -0.325 e. The molecule has 2 amide bonds. The van der Waals surface area contributed by atoms with Gasteiger partial charge < -0.3 is 10.6 Å². The van der Waals surface area contributed by atoms with Crippen molar-refractivity contribution >= 4 is 52.2 Å². The van der Waals surface area contributed by atoms with E-state index >= 15 is 0 Å². The molecule has 0 aliphatic carbocycles. The Bertz CT molecular complexity index is 874. The lowest BCUT2D eigenvalue weighted by atomic mass is 10.2. The van der Waals surface area contributed by atoms with E-state index in [9.17, 15) is 19.7 Å². The number of hydrogen-bond acceptors (Lipinski definition) is 5. The van der Waals surface area contributed by atoms with Gasteiger partial charge in [0.05, 0.1) is 26.6 Å². The molecule has 0 spiro atoms. The van der Waals surface area contributed by atoms with Gasteiger partial charge in [0.25, 0.3) is 5.69 Å². The number of rotatable bonds is 4. The molecule has 0 saturated carbocycles. The van der Waals surface area contributed by atoms with Crippen LogP contribution in [-0.4, -0.2) is 22.0 Å². The van der Waals surface area contributed by atoms with Gasteiger partial charge in [-0.25, -0.2) is 0 Å². The van der Waals surface area contributed by atoms with Crippen LogP contribution in [0.25, 0.3) is 0 Å². The third-order valence-corrected chi connectivity index (χ3v) is 5.12. The maximum absolute atomic E-state index is 12.2. The normalized spacial score (nSPS) is 15.9. The number of thioether (sulfide) groups is 1. The molecule has 2 aromatic rings. The number of hydrogen-bond donors (Lipinski definition) is 2. The lowest BCUT2D eigenvalue weighted by Gasteiger charge is -2.23. The fraction of sp³-hybridized carbons (Fsp3) is 0.125. The first-order chi connectivity index (χ1) is 11.9. The average molecular weight is 378 g/mol. The van der Waals surface area contributed by atoms with Gasteiger partial charge in [-0.1, -0.05) is 23.7 Å². The second-order valence-electron chi connectivity index (χ2n) is 5.27. The van der Waals surface area contributed by atoms with Crippen molar-refractivity contribution in [2.45, 2.75) is 16.6 Å². The molecule has 7 nitrogen and oxygen atoms in total. The molecule has 25 heavy (non-hydrogen) atoms. The Balaban J connectivity index is 1.70. The fourth-order valence-corrected chi connectivity index (χ4v) is 3.59. The van der Waals surface area contributed by atoms with Crippen LogP contribution in [0.2, 0.25) is 5.02 Å². The molecule has 1 heterocycles. The van der Waals surface area contributed by atoms with E-state index in [4.69, 9.17) is 11.6 Å². The highest BCUT2D eigenvalue weighted by Crippen LogP contribution is 2.37. The first-order valence-corrected chi connectivity index (χ1v) is 8.50. The summed E-state index contributed by atoms with van der Waals surface area (Å²) in [5, 5.41) is 15.7. The molecule has 1 atom stereocenters. The highest BCUT2D eigenvalue weighted by atomic mass is 35.5. The van der Waals surface area contributed by atoms with Crippen LogP contribution in [-0.2, 0) is 9.59 Å². The molecule has 0 radical (unpaired) electrons. The average Bonchev–Trinajstić information content (AvgIpc) is 2.57. The number of para-hydroxylation sites is 1. The summed E-state index contributed by atoms with van der Waals surface area (Å²) >= 11 is 7.26. The van der Waals surface area contributed by atoms with E-state index in [2.05, 4.69) is 10.6 Å². The number of nitro benzene ring substituents is 1. The monoisotopic (exact) mass is 377 g/mol. The molecule has 128 valence electrons. The Hall–Kier alpha value is -2.58. The molecular formula is C16H12ClN3O4S. The molecule has 2 aromatic carbocycles. The molecule has 1 aliphatic heterocycles. The number of carbonyl (C=O) groups excluding carboxylic acids is 2. The standard InChI is InChI=1S/C16H12ClN3O4S/c17-10-6-5-9(20(23)24)7-12(10)18-15(21)8-14-16(22)19-11-3-1-2-4-13(11)25-14/h1-7,14H,8H2,(H,18,21)(H,19,22)/t14-/m0/s1. The lowest BCUT2D eigenvalue weighted by Crippen LogP contribution is -2.32. The number of nitrogens with one attached hydrogen (secondary N) is 2. The van der Waals surface area contributed by atoms with Crippen molar-refractivity contribution in [3.05, 3.63) is 57.6 Å². The summed E-state index contributed by atoms with van der Waals surface area (Å²) in [5.41, 5.74) is 0.678. The molecule has 1 aliphatic rings. The highest BCUT2D eigenvalue weighted by molar-refractivity contribution is 8.01. The van der Waals surface area contributed by atoms with Crippen LogP contribution in [0.5, 0.6) is 0 Å². The summed E-state index contributed by atoms with van der Waals surface area (Å²) in [6.07, 6.45) is -0.0795. The van der Waals surface area contributed by atoms with Crippen molar-refractivity contribution in [1.82, 2.24) is 0 Å².